The first-order valence-electron chi connectivity index (χ1n) is 8.30. The molecule has 1 aliphatic carbocycles. The third-order valence-corrected chi connectivity index (χ3v) is 3.87. The van der Waals surface area contributed by atoms with Gasteiger partial charge in [-0.05, 0) is 71.1 Å². The van der Waals surface area contributed by atoms with Gasteiger partial charge in [-0.3, -0.25) is 0 Å². The summed E-state index contributed by atoms with van der Waals surface area (Å²) in [6, 6.07) is 0. The van der Waals surface area contributed by atoms with Crippen LogP contribution in [0, 0.1) is 5.92 Å². The van der Waals surface area contributed by atoms with Crippen LogP contribution in [0.15, 0.2) is 0 Å². The fraction of sp³-hybridized carbons (Fsp3) is 1.00. The molecule has 3 heteroatoms. The van der Waals surface area contributed by atoms with Crippen LogP contribution in [0.3, 0.4) is 0 Å². The number of hydrogen-bond acceptors (Lipinski definition) is 3. The molecule has 2 fully saturated rings. The lowest BCUT2D eigenvalue weighted by atomic mass is 9.94. The lowest BCUT2D eigenvalue weighted by molar-refractivity contribution is -0.0258. The normalized spacial score (nSPS) is 20.7. The molecule has 0 radical (unpaired) electrons. The van der Waals surface area contributed by atoms with Crippen molar-refractivity contribution in [2.45, 2.75) is 65.4 Å². The zero-order valence-electron chi connectivity index (χ0n) is 13.7. The molecule has 0 aromatic carbocycles. The van der Waals surface area contributed by atoms with E-state index in [1.54, 1.807) is 0 Å². The van der Waals surface area contributed by atoms with Gasteiger partial charge >= 0.3 is 0 Å². The minimum Gasteiger partial charge on any atom is -0.378 e. The third kappa shape index (κ3) is 7.91. The summed E-state index contributed by atoms with van der Waals surface area (Å²) in [6.07, 6.45) is 8.64. The maximum Gasteiger partial charge on any atom is 0.0575 e. The number of rotatable bonds is 5. The van der Waals surface area contributed by atoms with Crippen LogP contribution >= 0.6 is 0 Å². The van der Waals surface area contributed by atoms with E-state index in [4.69, 9.17) is 4.74 Å². The SMILES string of the molecule is CC.CCCN1CCC(COC2CCC2)CC1.CN.[HH]. The predicted molar refractivity (Wildman–Crippen MR) is 86.6 cm³/mol. The van der Waals surface area contributed by atoms with Crippen molar-refractivity contribution in [2.24, 2.45) is 11.7 Å². The average molecular weight is 274 g/mol. The van der Waals surface area contributed by atoms with Crippen molar-refractivity contribution in [2.75, 3.05) is 33.3 Å². The summed E-state index contributed by atoms with van der Waals surface area (Å²) in [6.45, 7) is 11.2. The molecular formula is C16H38N2O. The second kappa shape index (κ2) is 12.9. The summed E-state index contributed by atoms with van der Waals surface area (Å²) in [4.78, 5) is 2.60. The summed E-state index contributed by atoms with van der Waals surface area (Å²) < 4.78 is 5.89. The molecule has 2 N–H and O–H groups in total. The van der Waals surface area contributed by atoms with Gasteiger partial charge in [0.2, 0.25) is 0 Å². The zero-order valence-corrected chi connectivity index (χ0v) is 13.7. The first kappa shape index (κ1) is 18.9. The van der Waals surface area contributed by atoms with Gasteiger partial charge in [0.25, 0.3) is 0 Å². The molecule has 0 aromatic rings. The molecule has 2 aliphatic rings. The Bertz CT molecular complexity index is 181. The monoisotopic (exact) mass is 274 g/mol. The molecular weight excluding hydrogens is 236 g/mol. The Hall–Kier alpha value is -0.120. The van der Waals surface area contributed by atoms with Gasteiger partial charge in [0, 0.05) is 8.03 Å². The zero-order chi connectivity index (χ0) is 14.5. The van der Waals surface area contributed by atoms with E-state index in [2.05, 4.69) is 17.6 Å². The van der Waals surface area contributed by atoms with E-state index >= 15 is 0 Å². The first-order valence-corrected chi connectivity index (χ1v) is 8.30. The van der Waals surface area contributed by atoms with Gasteiger partial charge in [-0.1, -0.05) is 20.8 Å². The smallest absolute Gasteiger partial charge is 0.0575 e. The molecule has 0 spiro atoms. The highest BCUT2D eigenvalue weighted by Crippen LogP contribution is 2.24. The van der Waals surface area contributed by atoms with Gasteiger partial charge in [0.05, 0.1) is 6.10 Å². The number of nitrogens with two attached hydrogens (primary N) is 1. The van der Waals surface area contributed by atoms with Crippen LogP contribution in [0.25, 0.3) is 0 Å². The van der Waals surface area contributed by atoms with Gasteiger partial charge < -0.3 is 15.4 Å². The van der Waals surface area contributed by atoms with E-state index in [-0.39, 0.29) is 1.43 Å². The summed E-state index contributed by atoms with van der Waals surface area (Å²) in [5.41, 5.74) is 4.50. The molecule has 0 atom stereocenters. The average Bonchev–Trinajstić information content (AvgIpc) is 2.44. The molecule has 1 heterocycles. The number of piperidine rings is 1. The molecule has 1 saturated carbocycles. The van der Waals surface area contributed by atoms with Crippen LogP contribution in [0.5, 0.6) is 0 Å². The summed E-state index contributed by atoms with van der Waals surface area (Å²) in [7, 11) is 1.50. The molecule has 2 rings (SSSR count). The van der Waals surface area contributed by atoms with Crippen molar-refractivity contribution in [3.63, 3.8) is 0 Å². The van der Waals surface area contributed by atoms with Gasteiger partial charge in [-0.15, -0.1) is 0 Å². The lowest BCUT2D eigenvalue weighted by Crippen LogP contribution is -2.36. The van der Waals surface area contributed by atoms with Crippen LogP contribution < -0.4 is 5.73 Å². The Morgan fingerprint density at radius 3 is 2.11 bits per heavy atom. The highest BCUT2D eigenvalue weighted by atomic mass is 16.5. The van der Waals surface area contributed by atoms with Gasteiger partial charge in [-0.2, -0.15) is 0 Å². The van der Waals surface area contributed by atoms with Crippen LogP contribution in [0.1, 0.15) is 60.7 Å². The van der Waals surface area contributed by atoms with Crippen molar-refractivity contribution in [3.8, 4) is 0 Å². The Kier molecular flexibility index (Phi) is 12.8. The van der Waals surface area contributed by atoms with Crippen LogP contribution in [-0.4, -0.2) is 44.3 Å². The largest absolute Gasteiger partial charge is 0.378 e. The summed E-state index contributed by atoms with van der Waals surface area (Å²) in [5.74, 6) is 0.846. The standard InChI is InChI=1S/C13H25NO.C2H6.CH5N.H2/c1-2-8-14-9-6-12(7-10-14)11-15-13-4-3-5-13;2*1-2;/h12-13H,2-11H2,1H3;1-2H3;2H2,1H3;1H. The minimum absolute atomic E-state index is 0. The van der Waals surface area contributed by atoms with E-state index in [0.29, 0.717) is 6.10 Å². The quantitative estimate of drug-likeness (QED) is 0.833. The molecule has 0 amide bonds. The Morgan fingerprint density at radius 2 is 1.68 bits per heavy atom. The van der Waals surface area contributed by atoms with E-state index < -0.39 is 0 Å². The third-order valence-electron chi connectivity index (χ3n) is 3.87. The fourth-order valence-corrected chi connectivity index (χ4v) is 2.50. The second-order valence-corrected chi connectivity index (χ2v) is 5.17. The fourth-order valence-electron chi connectivity index (χ4n) is 2.50. The highest BCUT2D eigenvalue weighted by Gasteiger charge is 2.22. The number of likely N-dealkylation sites (tertiary alicyclic amines) is 1. The molecule has 0 bridgehead atoms. The maximum absolute atomic E-state index is 5.89. The van der Waals surface area contributed by atoms with E-state index in [1.807, 2.05) is 13.8 Å². The topological polar surface area (TPSA) is 38.5 Å². The first-order chi connectivity index (χ1) is 9.38. The van der Waals surface area contributed by atoms with Crippen molar-refractivity contribution in [3.05, 3.63) is 0 Å². The molecule has 0 aromatic heterocycles. The van der Waals surface area contributed by atoms with Gasteiger partial charge in [-0.25, -0.2) is 0 Å². The second-order valence-electron chi connectivity index (χ2n) is 5.17. The molecule has 118 valence electrons. The highest BCUT2D eigenvalue weighted by molar-refractivity contribution is 4.74. The van der Waals surface area contributed by atoms with Crippen molar-refractivity contribution >= 4 is 0 Å². The Balaban J connectivity index is 0. The minimum atomic E-state index is 0. The number of ether oxygens (including phenoxy) is 1. The maximum atomic E-state index is 5.89. The number of hydrogen-bond donors (Lipinski definition) is 1. The van der Waals surface area contributed by atoms with Crippen molar-refractivity contribution in [1.29, 1.82) is 0 Å². The lowest BCUT2D eigenvalue weighted by Gasteiger charge is -2.33. The van der Waals surface area contributed by atoms with Gasteiger partial charge in [0.15, 0.2) is 0 Å². The molecule has 0 unspecified atom stereocenters. The Morgan fingerprint density at radius 1 is 1.11 bits per heavy atom. The predicted octanol–water partition coefficient (Wildman–Crippen LogP) is 3.52. The summed E-state index contributed by atoms with van der Waals surface area (Å²) >= 11 is 0. The molecule has 1 saturated heterocycles. The number of nitrogens with zero attached hydrogens (tertiary/aromatic N) is 1. The van der Waals surface area contributed by atoms with E-state index in [0.717, 1.165) is 12.5 Å². The van der Waals surface area contributed by atoms with E-state index in [1.165, 1.54) is 65.2 Å². The van der Waals surface area contributed by atoms with Gasteiger partial charge in [0.1, 0.15) is 0 Å². The van der Waals surface area contributed by atoms with Crippen molar-refractivity contribution < 1.29 is 6.16 Å². The molecule has 19 heavy (non-hydrogen) atoms. The molecule has 1 aliphatic heterocycles. The van der Waals surface area contributed by atoms with Crippen LogP contribution in [0.2, 0.25) is 0 Å². The Labute approximate surface area is 122 Å². The van der Waals surface area contributed by atoms with E-state index in [9.17, 15) is 0 Å². The molecule has 3 nitrogen and oxygen atoms in total. The van der Waals surface area contributed by atoms with Crippen molar-refractivity contribution in [1.82, 2.24) is 4.90 Å². The van der Waals surface area contributed by atoms with Crippen LogP contribution in [0.4, 0.5) is 0 Å². The van der Waals surface area contributed by atoms with Crippen LogP contribution in [-0.2, 0) is 4.74 Å². The summed E-state index contributed by atoms with van der Waals surface area (Å²) in [5, 5.41) is 0.